The zero-order valence-corrected chi connectivity index (χ0v) is 10.4. The number of sulfonamides is 1. The van der Waals surface area contributed by atoms with Crippen molar-refractivity contribution in [3.05, 3.63) is 30.1 Å². The zero-order chi connectivity index (χ0) is 12.9. The van der Waals surface area contributed by atoms with Crippen molar-refractivity contribution >= 4 is 10.0 Å². The van der Waals surface area contributed by atoms with Gasteiger partial charge in [-0.3, -0.25) is 0 Å². The van der Waals surface area contributed by atoms with Crippen LogP contribution in [-0.2, 0) is 10.0 Å². The molecule has 1 aromatic rings. The molecule has 2 N–H and O–H groups in total. The smallest absolute Gasteiger partial charge is 0.243 e. The van der Waals surface area contributed by atoms with Crippen LogP contribution in [0.3, 0.4) is 0 Å². The summed E-state index contributed by atoms with van der Waals surface area (Å²) in [6.45, 7) is 1.68. The Kier molecular flexibility index (Phi) is 5.04. The molecule has 0 amide bonds. The third kappa shape index (κ3) is 3.76. The molecule has 0 aliphatic rings. The largest absolute Gasteiger partial charge is 0.396 e. The first kappa shape index (κ1) is 14.1. The van der Waals surface area contributed by atoms with E-state index in [0.717, 1.165) is 6.07 Å². The summed E-state index contributed by atoms with van der Waals surface area (Å²) in [7, 11) is -3.86. The van der Waals surface area contributed by atoms with E-state index in [9.17, 15) is 12.8 Å². The second-order valence-electron chi connectivity index (χ2n) is 3.67. The lowest BCUT2D eigenvalue weighted by molar-refractivity contribution is 0.270. The van der Waals surface area contributed by atoms with Crippen molar-refractivity contribution in [1.82, 2.24) is 4.72 Å². The van der Waals surface area contributed by atoms with Crippen molar-refractivity contribution in [2.75, 3.05) is 6.61 Å². The van der Waals surface area contributed by atoms with Gasteiger partial charge in [-0.1, -0.05) is 19.1 Å². The maximum absolute atomic E-state index is 13.4. The van der Waals surface area contributed by atoms with Crippen LogP contribution < -0.4 is 4.72 Å². The van der Waals surface area contributed by atoms with Gasteiger partial charge in [0.2, 0.25) is 10.0 Å². The summed E-state index contributed by atoms with van der Waals surface area (Å²) < 4.78 is 39.5. The first-order valence-electron chi connectivity index (χ1n) is 5.39. The molecular formula is C11H16FNO3S. The summed E-state index contributed by atoms with van der Waals surface area (Å²) >= 11 is 0. The molecule has 0 aliphatic heterocycles. The van der Waals surface area contributed by atoms with E-state index in [4.69, 9.17) is 5.11 Å². The summed E-state index contributed by atoms with van der Waals surface area (Å²) in [5.41, 5.74) is 0. The molecule has 96 valence electrons. The lowest BCUT2D eigenvalue weighted by atomic mass is 10.2. The molecule has 0 spiro atoms. The van der Waals surface area contributed by atoms with Crippen molar-refractivity contribution < 1.29 is 17.9 Å². The fraction of sp³-hybridized carbons (Fsp3) is 0.455. The van der Waals surface area contributed by atoms with E-state index in [1.54, 1.807) is 6.92 Å². The highest BCUT2D eigenvalue weighted by Crippen LogP contribution is 2.14. The van der Waals surface area contributed by atoms with Gasteiger partial charge in [-0.2, -0.15) is 0 Å². The fourth-order valence-electron chi connectivity index (χ4n) is 1.45. The van der Waals surface area contributed by atoms with E-state index in [1.165, 1.54) is 18.2 Å². The summed E-state index contributed by atoms with van der Waals surface area (Å²) in [6, 6.07) is 4.82. The van der Waals surface area contributed by atoms with Gasteiger partial charge in [0.15, 0.2) is 0 Å². The summed E-state index contributed by atoms with van der Waals surface area (Å²) in [6.07, 6.45) is 0.846. The fourth-order valence-corrected chi connectivity index (χ4v) is 2.88. The van der Waals surface area contributed by atoms with Crippen molar-refractivity contribution in [2.24, 2.45) is 0 Å². The molecule has 0 saturated heterocycles. The van der Waals surface area contributed by atoms with Gasteiger partial charge in [-0.25, -0.2) is 17.5 Å². The Hall–Kier alpha value is -0.980. The number of aliphatic hydroxyl groups is 1. The van der Waals surface area contributed by atoms with E-state index in [0.29, 0.717) is 12.8 Å². The van der Waals surface area contributed by atoms with Gasteiger partial charge in [0.1, 0.15) is 10.7 Å². The van der Waals surface area contributed by atoms with Crippen molar-refractivity contribution in [3.63, 3.8) is 0 Å². The van der Waals surface area contributed by atoms with E-state index < -0.39 is 15.8 Å². The van der Waals surface area contributed by atoms with E-state index in [-0.39, 0.29) is 17.5 Å². The average molecular weight is 261 g/mol. The number of nitrogens with one attached hydrogen (secondary N) is 1. The molecule has 0 saturated carbocycles. The Morgan fingerprint density at radius 2 is 2.06 bits per heavy atom. The van der Waals surface area contributed by atoms with E-state index in [1.807, 2.05) is 0 Å². The van der Waals surface area contributed by atoms with Gasteiger partial charge in [-0.15, -0.1) is 0 Å². The minimum Gasteiger partial charge on any atom is -0.396 e. The van der Waals surface area contributed by atoms with Crippen molar-refractivity contribution in [3.8, 4) is 0 Å². The molecule has 1 aromatic carbocycles. The minimum absolute atomic E-state index is 0.113. The normalized spacial score (nSPS) is 13.6. The quantitative estimate of drug-likeness (QED) is 0.810. The molecule has 1 unspecified atom stereocenters. The Balaban J connectivity index is 2.92. The summed E-state index contributed by atoms with van der Waals surface area (Å²) in [5.74, 6) is -0.779. The van der Waals surface area contributed by atoms with Crippen molar-refractivity contribution in [1.29, 1.82) is 0 Å². The summed E-state index contributed by atoms with van der Waals surface area (Å²) in [4.78, 5) is -0.364. The topological polar surface area (TPSA) is 66.4 Å². The zero-order valence-electron chi connectivity index (χ0n) is 9.56. The van der Waals surface area contributed by atoms with Crippen LogP contribution in [0.4, 0.5) is 4.39 Å². The highest BCUT2D eigenvalue weighted by Gasteiger charge is 2.21. The number of hydrogen-bond donors (Lipinski definition) is 2. The van der Waals surface area contributed by atoms with Crippen LogP contribution >= 0.6 is 0 Å². The van der Waals surface area contributed by atoms with Gasteiger partial charge in [0, 0.05) is 12.6 Å². The summed E-state index contributed by atoms with van der Waals surface area (Å²) in [5, 5.41) is 8.78. The van der Waals surface area contributed by atoms with Gasteiger partial charge in [0.25, 0.3) is 0 Å². The molecule has 0 radical (unpaired) electrons. The maximum Gasteiger partial charge on any atom is 0.243 e. The lowest BCUT2D eigenvalue weighted by Crippen LogP contribution is -2.35. The van der Waals surface area contributed by atoms with Crippen LogP contribution in [0.1, 0.15) is 19.8 Å². The Bertz CT molecular complexity index is 462. The SMILES string of the molecule is CCC(CCO)NS(=O)(=O)c1ccccc1F. The highest BCUT2D eigenvalue weighted by molar-refractivity contribution is 7.89. The number of aliphatic hydroxyl groups excluding tert-OH is 1. The molecule has 0 aliphatic carbocycles. The second kappa shape index (κ2) is 6.09. The molecule has 0 heterocycles. The molecule has 0 aromatic heterocycles. The predicted octanol–water partition coefficient (Wildman–Crippen LogP) is 1.26. The van der Waals surface area contributed by atoms with Gasteiger partial charge >= 0.3 is 0 Å². The molecule has 1 rings (SSSR count). The number of benzene rings is 1. The van der Waals surface area contributed by atoms with Crippen LogP contribution in [0.5, 0.6) is 0 Å². The Morgan fingerprint density at radius 1 is 1.41 bits per heavy atom. The number of rotatable bonds is 6. The monoisotopic (exact) mass is 261 g/mol. The standard InChI is InChI=1S/C11H16FNO3S/c1-2-9(7-8-14)13-17(15,16)11-6-4-3-5-10(11)12/h3-6,9,13-14H,2,7-8H2,1H3. The van der Waals surface area contributed by atoms with Crippen LogP contribution in [-0.4, -0.2) is 26.2 Å². The first-order chi connectivity index (χ1) is 8.01. The first-order valence-corrected chi connectivity index (χ1v) is 6.87. The van der Waals surface area contributed by atoms with Gasteiger partial charge < -0.3 is 5.11 Å². The number of hydrogen-bond acceptors (Lipinski definition) is 3. The van der Waals surface area contributed by atoms with Gasteiger partial charge in [0.05, 0.1) is 0 Å². The molecular weight excluding hydrogens is 245 g/mol. The average Bonchev–Trinajstić information content (AvgIpc) is 2.28. The van der Waals surface area contributed by atoms with E-state index >= 15 is 0 Å². The molecule has 0 bridgehead atoms. The lowest BCUT2D eigenvalue weighted by Gasteiger charge is -2.16. The molecule has 4 nitrogen and oxygen atoms in total. The van der Waals surface area contributed by atoms with Gasteiger partial charge in [-0.05, 0) is 25.0 Å². The molecule has 1 atom stereocenters. The maximum atomic E-state index is 13.4. The third-order valence-electron chi connectivity index (χ3n) is 2.42. The molecule has 0 fully saturated rings. The molecule has 17 heavy (non-hydrogen) atoms. The third-order valence-corrected chi connectivity index (χ3v) is 3.97. The molecule has 6 heteroatoms. The van der Waals surface area contributed by atoms with Crippen molar-refractivity contribution in [2.45, 2.75) is 30.7 Å². The Labute approximate surface area is 101 Å². The highest BCUT2D eigenvalue weighted by atomic mass is 32.2. The Morgan fingerprint density at radius 3 is 2.59 bits per heavy atom. The number of halogens is 1. The van der Waals surface area contributed by atoms with Crippen LogP contribution in [0.2, 0.25) is 0 Å². The van der Waals surface area contributed by atoms with Crippen LogP contribution in [0.15, 0.2) is 29.2 Å². The predicted molar refractivity (Wildman–Crippen MR) is 62.5 cm³/mol. The minimum atomic E-state index is -3.86. The van der Waals surface area contributed by atoms with Crippen LogP contribution in [0.25, 0.3) is 0 Å². The van der Waals surface area contributed by atoms with E-state index in [2.05, 4.69) is 4.72 Å². The van der Waals surface area contributed by atoms with Crippen LogP contribution in [0, 0.1) is 5.82 Å². The second-order valence-corrected chi connectivity index (χ2v) is 5.35.